The number of rotatable bonds is 4. The first-order valence-corrected chi connectivity index (χ1v) is 8.73. The van der Waals surface area contributed by atoms with Gasteiger partial charge in [0.1, 0.15) is 11.3 Å². The van der Waals surface area contributed by atoms with E-state index in [1.165, 1.54) is 0 Å². The zero-order chi connectivity index (χ0) is 20.0. The fourth-order valence-electron chi connectivity index (χ4n) is 3.30. The number of aryl methyl sites for hydroxylation is 1. The summed E-state index contributed by atoms with van der Waals surface area (Å²) in [5.41, 5.74) is -1.36. The van der Waals surface area contributed by atoms with Crippen LogP contribution in [0.2, 0.25) is 0 Å². The van der Waals surface area contributed by atoms with E-state index in [0.29, 0.717) is 30.0 Å². The lowest BCUT2D eigenvalue weighted by molar-refractivity contribution is -0.136. The molecule has 1 aliphatic rings. The molecule has 2 heterocycles. The summed E-state index contributed by atoms with van der Waals surface area (Å²) in [6.07, 6.45) is -4.54. The number of aromatic nitrogens is 2. The van der Waals surface area contributed by atoms with Crippen LogP contribution in [-0.2, 0) is 24.1 Å². The summed E-state index contributed by atoms with van der Waals surface area (Å²) < 4.78 is 42.2. The number of hydrogen-bond donors (Lipinski definition) is 2. The zero-order valence-corrected chi connectivity index (χ0v) is 15.5. The Labute approximate surface area is 155 Å². The predicted octanol–water partition coefficient (Wildman–Crippen LogP) is 2.07. The van der Waals surface area contributed by atoms with Crippen molar-refractivity contribution in [2.45, 2.75) is 45.6 Å². The van der Waals surface area contributed by atoms with E-state index in [2.05, 4.69) is 10.3 Å². The number of benzene rings is 1. The average Bonchev–Trinajstić information content (AvgIpc) is 2.84. The molecule has 0 unspecified atom stereocenters. The molecule has 1 aliphatic heterocycles. The third-order valence-electron chi connectivity index (χ3n) is 4.45. The molecule has 0 bridgehead atoms. The summed E-state index contributed by atoms with van der Waals surface area (Å²) in [5.74, 6) is 0.203. The molecule has 6 nitrogen and oxygen atoms in total. The maximum Gasteiger partial charge on any atom is 0.418 e. The number of amides is 1. The van der Waals surface area contributed by atoms with Gasteiger partial charge < -0.3 is 19.9 Å². The fourth-order valence-corrected chi connectivity index (χ4v) is 3.30. The van der Waals surface area contributed by atoms with Crippen molar-refractivity contribution in [3.63, 3.8) is 0 Å². The first-order chi connectivity index (χ1) is 12.5. The molecule has 3 rings (SSSR count). The normalized spacial score (nSPS) is 16.4. The summed E-state index contributed by atoms with van der Waals surface area (Å²) in [6, 6.07) is 2.70. The first kappa shape index (κ1) is 19.6. The smallest absolute Gasteiger partial charge is 0.389 e. The Hall–Kier alpha value is -2.13. The maximum absolute atomic E-state index is 13.5. The van der Waals surface area contributed by atoms with Crippen molar-refractivity contribution < 1.29 is 23.1 Å². The van der Waals surface area contributed by atoms with Crippen LogP contribution >= 0.6 is 0 Å². The van der Waals surface area contributed by atoms with E-state index in [4.69, 9.17) is 0 Å². The Morgan fingerprint density at radius 1 is 1.30 bits per heavy atom. The number of piperazine rings is 1. The number of aliphatic hydroxyl groups is 1. The molecule has 2 aromatic rings. The molecule has 1 aromatic carbocycles. The number of nitrogens with one attached hydrogen (secondary N) is 1. The average molecular weight is 384 g/mol. The number of halogens is 3. The highest BCUT2D eigenvalue weighted by Crippen LogP contribution is 2.36. The van der Waals surface area contributed by atoms with E-state index in [9.17, 15) is 23.1 Å². The Balaban J connectivity index is 2.16. The molecule has 0 saturated carbocycles. The van der Waals surface area contributed by atoms with Crippen molar-refractivity contribution in [2.24, 2.45) is 0 Å². The van der Waals surface area contributed by atoms with E-state index >= 15 is 0 Å². The summed E-state index contributed by atoms with van der Waals surface area (Å²) >= 11 is 0. The van der Waals surface area contributed by atoms with E-state index in [1.54, 1.807) is 36.3 Å². The Bertz CT molecular complexity index is 868. The second-order valence-corrected chi connectivity index (χ2v) is 7.60. The fraction of sp³-hybridized carbons (Fsp3) is 0.556. The van der Waals surface area contributed by atoms with E-state index in [0.717, 1.165) is 6.07 Å². The van der Waals surface area contributed by atoms with Gasteiger partial charge >= 0.3 is 6.18 Å². The van der Waals surface area contributed by atoms with E-state index < -0.39 is 17.3 Å². The number of carbonyl (C=O) groups excluding carboxylic acids is 1. The van der Waals surface area contributed by atoms with Crippen LogP contribution in [0, 0.1) is 6.92 Å². The van der Waals surface area contributed by atoms with Gasteiger partial charge in [0, 0.05) is 13.1 Å². The molecule has 0 radical (unpaired) electrons. The van der Waals surface area contributed by atoms with Gasteiger partial charge in [-0.05, 0) is 38.5 Å². The van der Waals surface area contributed by atoms with Gasteiger partial charge in [-0.25, -0.2) is 4.98 Å². The molecule has 1 amide bonds. The molecule has 1 fully saturated rings. The lowest BCUT2D eigenvalue weighted by Gasteiger charge is -2.28. The molecule has 2 N–H and O–H groups in total. The van der Waals surface area contributed by atoms with Gasteiger partial charge in [-0.1, -0.05) is 0 Å². The van der Waals surface area contributed by atoms with Crippen LogP contribution in [0.3, 0.4) is 0 Å². The number of hydrogen-bond acceptors (Lipinski definition) is 4. The lowest BCUT2D eigenvalue weighted by Crippen LogP contribution is -2.47. The van der Waals surface area contributed by atoms with Crippen LogP contribution in [0.15, 0.2) is 12.1 Å². The minimum atomic E-state index is -4.54. The van der Waals surface area contributed by atoms with Crippen LogP contribution in [0.1, 0.15) is 30.8 Å². The van der Waals surface area contributed by atoms with Crippen molar-refractivity contribution in [1.29, 1.82) is 0 Å². The van der Waals surface area contributed by atoms with Crippen LogP contribution in [0.25, 0.3) is 11.0 Å². The van der Waals surface area contributed by atoms with Crippen LogP contribution < -0.4 is 5.32 Å². The molecule has 9 heteroatoms. The second kappa shape index (κ2) is 6.79. The molecular formula is C18H23F3N4O2. The molecule has 1 aromatic heterocycles. The quantitative estimate of drug-likeness (QED) is 0.847. The molecule has 0 atom stereocenters. The highest BCUT2D eigenvalue weighted by atomic mass is 19.4. The van der Waals surface area contributed by atoms with Gasteiger partial charge in [-0.3, -0.25) is 4.79 Å². The highest BCUT2D eigenvalue weighted by molar-refractivity contribution is 5.82. The number of imidazole rings is 1. The lowest BCUT2D eigenvalue weighted by atomic mass is 10.1. The standard InChI is InChI=1S/C18H23F3N4O2/c1-11-6-12(18(19,20)21)16-13(7-11)25(10-17(2,3)27)14(23-16)9-24-5-4-22-8-15(24)26/h6-7,22,27H,4-5,8-10H2,1-3H3. The van der Waals surface area contributed by atoms with Gasteiger partial charge in [0.25, 0.3) is 0 Å². The van der Waals surface area contributed by atoms with Gasteiger partial charge in [-0.15, -0.1) is 0 Å². The summed E-state index contributed by atoms with van der Waals surface area (Å²) in [5, 5.41) is 13.2. The van der Waals surface area contributed by atoms with Crippen molar-refractivity contribution in [2.75, 3.05) is 19.6 Å². The third kappa shape index (κ3) is 4.24. The van der Waals surface area contributed by atoms with Gasteiger partial charge in [0.2, 0.25) is 5.91 Å². The van der Waals surface area contributed by atoms with E-state index in [-0.39, 0.29) is 31.1 Å². The monoisotopic (exact) mass is 384 g/mol. The number of nitrogens with zero attached hydrogens (tertiary/aromatic N) is 3. The molecule has 27 heavy (non-hydrogen) atoms. The number of carbonyl (C=O) groups is 1. The molecule has 148 valence electrons. The Morgan fingerprint density at radius 2 is 2.00 bits per heavy atom. The van der Waals surface area contributed by atoms with Gasteiger partial charge in [0.05, 0.1) is 36.3 Å². The number of fused-ring (bicyclic) bond motifs is 1. The van der Waals surface area contributed by atoms with Crippen molar-refractivity contribution in [3.8, 4) is 0 Å². The largest absolute Gasteiger partial charge is 0.418 e. The SMILES string of the molecule is Cc1cc(C(F)(F)F)c2nc(CN3CCNCC3=O)n(CC(C)(C)O)c2c1. The molecule has 1 saturated heterocycles. The van der Waals surface area contributed by atoms with Crippen molar-refractivity contribution in [1.82, 2.24) is 19.8 Å². The highest BCUT2D eigenvalue weighted by Gasteiger charge is 2.35. The number of alkyl halides is 3. The maximum atomic E-state index is 13.5. The van der Waals surface area contributed by atoms with Crippen LogP contribution in [-0.4, -0.2) is 50.7 Å². The van der Waals surface area contributed by atoms with Gasteiger partial charge in [-0.2, -0.15) is 13.2 Å². The van der Waals surface area contributed by atoms with Gasteiger partial charge in [0.15, 0.2) is 0 Å². The Kier molecular flexibility index (Phi) is 4.94. The summed E-state index contributed by atoms with van der Waals surface area (Å²) in [4.78, 5) is 17.9. The zero-order valence-electron chi connectivity index (χ0n) is 15.5. The van der Waals surface area contributed by atoms with E-state index in [1.807, 2.05) is 0 Å². The van der Waals surface area contributed by atoms with Crippen LogP contribution in [0.4, 0.5) is 13.2 Å². The predicted molar refractivity (Wildman–Crippen MR) is 94.1 cm³/mol. The topological polar surface area (TPSA) is 70.4 Å². The summed E-state index contributed by atoms with van der Waals surface area (Å²) in [6.45, 7) is 6.19. The molecular weight excluding hydrogens is 361 g/mol. The summed E-state index contributed by atoms with van der Waals surface area (Å²) in [7, 11) is 0. The second-order valence-electron chi connectivity index (χ2n) is 7.60. The first-order valence-electron chi connectivity index (χ1n) is 8.73. The Morgan fingerprint density at radius 3 is 2.59 bits per heavy atom. The third-order valence-corrected chi connectivity index (χ3v) is 4.45. The minimum Gasteiger partial charge on any atom is -0.389 e. The van der Waals surface area contributed by atoms with Crippen LogP contribution in [0.5, 0.6) is 0 Å². The molecule has 0 aliphatic carbocycles. The minimum absolute atomic E-state index is 0.0693. The van der Waals surface area contributed by atoms with Crippen molar-refractivity contribution >= 4 is 16.9 Å². The van der Waals surface area contributed by atoms with Crippen molar-refractivity contribution in [3.05, 3.63) is 29.1 Å². The molecule has 0 spiro atoms.